The average Bonchev–Trinajstić information content (AvgIpc) is 2.74. The van der Waals surface area contributed by atoms with Crippen molar-refractivity contribution in [1.29, 1.82) is 0 Å². The van der Waals surface area contributed by atoms with Gasteiger partial charge in [-0.2, -0.15) is 0 Å². The number of hydrogen-bond donors (Lipinski definition) is 1. The van der Waals surface area contributed by atoms with E-state index in [2.05, 4.69) is 13.8 Å². The normalized spacial score (nSPS) is 11.0. The number of carbonyl (C=O) groups excluding carboxylic acids is 1. The molecule has 0 bridgehead atoms. The molecule has 2 aromatic carbocycles. The van der Waals surface area contributed by atoms with Gasteiger partial charge in [0.1, 0.15) is 0 Å². The van der Waals surface area contributed by atoms with Crippen LogP contribution >= 0.6 is 0 Å². The number of aromatic carboxylic acids is 1. The third-order valence-electron chi connectivity index (χ3n) is 4.63. The van der Waals surface area contributed by atoms with Crippen molar-refractivity contribution in [2.75, 3.05) is 25.6 Å². The molecule has 29 heavy (non-hydrogen) atoms. The monoisotopic (exact) mass is 399 g/mol. The van der Waals surface area contributed by atoms with Crippen LogP contribution in [0.25, 0.3) is 0 Å². The van der Waals surface area contributed by atoms with Gasteiger partial charge in [-0.1, -0.05) is 51.3 Å². The summed E-state index contributed by atoms with van der Waals surface area (Å²) in [7, 11) is 3.82. The SMILES string of the molecule is CCCCC(CC)COC(=O)c1ccccc1.CN(C)c1ccc(C(=O)O)cc1. The number of ether oxygens (including phenoxy) is 1. The first-order chi connectivity index (χ1) is 13.9. The molecular formula is C24H33NO4. The Kier molecular flexibility index (Phi) is 11.2. The standard InChI is InChI=1S/C15H22O2.C9H11NO2/c1-3-5-9-13(4-2)12-17-15(16)14-10-7-6-8-11-14;1-10(2)8-5-3-7(4-6-8)9(11)12/h6-8,10-11,13H,3-5,9,12H2,1-2H3;3-6H,1-2H3,(H,11,12). The number of carboxylic acid groups (broad SMARTS) is 1. The second kappa shape index (κ2) is 13.4. The van der Waals surface area contributed by atoms with Gasteiger partial charge in [0.2, 0.25) is 0 Å². The quantitative estimate of drug-likeness (QED) is 0.563. The highest BCUT2D eigenvalue weighted by Gasteiger charge is 2.11. The first kappa shape index (κ1) is 24.2. The molecule has 158 valence electrons. The van der Waals surface area contributed by atoms with E-state index in [1.54, 1.807) is 36.4 Å². The number of rotatable bonds is 9. The molecule has 0 aliphatic carbocycles. The maximum Gasteiger partial charge on any atom is 0.338 e. The van der Waals surface area contributed by atoms with Crippen LogP contribution in [0.2, 0.25) is 0 Å². The summed E-state index contributed by atoms with van der Waals surface area (Å²) in [4.78, 5) is 24.1. The molecule has 1 N–H and O–H groups in total. The fraction of sp³-hybridized carbons (Fsp3) is 0.417. The van der Waals surface area contributed by atoms with E-state index in [4.69, 9.17) is 9.84 Å². The van der Waals surface area contributed by atoms with Crippen LogP contribution in [0.15, 0.2) is 54.6 Å². The Balaban J connectivity index is 0.000000308. The topological polar surface area (TPSA) is 66.8 Å². The summed E-state index contributed by atoms with van der Waals surface area (Å²) in [5.41, 5.74) is 1.96. The van der Waals surface area contributed by atoms with Crippen LogP contribution < -0.4 is 4.90 Å². The summed E-state index contributed by atoms with van der Waals surface area (Å²) in [6, 6.07) is 15.9. The van der Waals surface area contributed by atoms with Crippen LogP contribution in [-0.4, -0.2) is 37.7 Å². The summed E-state index contributed by atoms with van der Waals surface area (Å²) in [6.45, 7) is 4.88. The van der Waals surface area contributed by atoms with Gasteiger partial charge in [0.05, 0.1) is 17.7 Å². The number of carbonyl (C=O) groups is 2. The number of anilines is 1. The van der Waals surface area contributed by atoms with Crippen molar-refractivity contribution in [3.8, 4) is 0 Å². The van der Waals surface area contributed by atoms with Crippen molar-refractivity contribution in [2.24, 2.45) is 5.92 Å². The van der Waals surface area contributed by atoms with Gasteiger partial charge in [0.15, 0.2) is 0 Å². The number of hydrogen-bond acceptors (Lipinski definition) is 4. The molecule has 0 fully saturated rings. The zero-order valence-corrected chi connectivity index (χ0v) is 17.9. The smallest absolute Gasteiger partial charge is 0.338 e. The zero-order chi connectivity index (χ0) is 21.6. The Bertz CT molecular complexity index is 726. The summed E-state index contributed by atoms with van der Waals surface area (Å²) in [6.07, 6.45) is 4.63. The lowest BCUT2D eigenvalue weighted by Gasteiger charge is -2.14. The van der Waals surface area contributed by atoms with Crippen molar-refractivity contribution in [3.05, 3.63) is 65.7 Å². The molecule has 5 heteroatoms. The summed E-state index contributed by atoms with van der Waals surface area (Å²) < 4.78 is 5.34. The molecule has 0 saturated heterocycles. The van der Waals surface area contributed by atoms with E-state index in [1.165, 1.54) is 12.8 Å². The van der Waals surface area contributed by atoms with Gasteiger partial charge in [0, 0.05) is 19.8 Å². The van der Waals surface area contributed by atoms with Crippen LogP contribution in [-0.2, 0) is 4.74 Å². The lowest BCUT2D eigenvalue weighted by molar-refractivity contribution is 0.0428. The number of carboxylic acids is 1. The molecule has 0 spiro atoms. The van der Waals surface area contributed by atoms with Gasteiger partial charge >= 0.3 is 11.9 Å². The number of nitrogens with zero attached hydrogens (tertiary/aromatic N) is 1. The van der Waals surface area contributed by atoms with Gasteiger partial charge in [-0.05, 0) is 48.7 Å². The Morgan fingerprint density at radius 3 is 2.07 bits per heavy atom. The number of unbranched alkanes of at least 4 members (excludes halogenated alkanes) is 1. The van der Waals surface area contributed by atoms with Crippen LogP contribution in [0.5, 0.6) is 0 Å². The van der Waals surface area contributed by atoms with Crippen LogP contribution in [0.4, 0.5) is 5.69 Å². The molecule has 1 unspecified atom stereocenters. The number of benzene rings is 2. The Labute approximate surface area is 174 Å². The molecule has 1 atom stereocenters. The van der Waals surface area contributed by atoms with Gasteiger partial charge in [-0.15, -0.1) is 0 Å². The van der Waals surface area contributed by atoms with Crippen molar-refractivity contribution in [1.82, 2.24) is 0 Å². The predicted octanol–water partition coefficient (Wildman–Crippen LogP) is 5.51. The predicted molar refractivity (Wildman–Crippen MR) is 118 cm³/mol. The van der Waals surface area contributed by atoms with Crippen LogP contribution in [0.3, 0.4) is 0 Å². The van der Waals surface area contributed by atoms with E-state index in [0.29, 0.717) is 23.7 Å². The van der Waals surface area contributed by atoms with E-state index in [0.717, 1.165) is 18.5 Å². The highest BCUT2D eigenvalue weighted by molar-refractivity contribution is 5.89. The van der Waals surface area contributed by atoms with Crippen LogP contribution in [0.1, 0.15) is 60.2 Å². The molecule has 0 saturated carbocycles. The average molecular weight is 400 g/mol. The maximum atomic E-state index is 11.7. The van der Waals surface area contributed by atoms with Crippen molar-refractivity contribution in [2.45, 2.75) is 39.5 Å². The lowest BCUT2D eigenvalue weighted by Crippen LogP contribution is -2.13. The first-order valence-electron chi connectivity index (χ1n) is 10.1. The largest absolute Gasteiger partial charge is 0.478 e. The molecule has 0 amide bonds. The van der Waals surface area contributed by atoms with E-state index in [1.807, 2.05) is 37.2 Å². The molecule has 0 aromatic heterocycles. The molecule has 0 aliphatic rings. The molecule has 0 radical (unpaired) electrons. The van der Waals surface area contributed by atoms with Crippen LogP contribution in [0, 0.1) is 5.92 Å². The van der Waals surface area contributed by atoms with Gasteiger partial charge < -0.3 is 14.7 Å². The van der Waals surface area contributed by atoms with Crippen molar-refractivity contribution in [3.63, 3.8) is 0 Å². The molecule has 2 aromatic rings. The van der Waals surface area contributed by atoms with Gasteiger partial charge in [0.25, 0.3) is 0 Å². The molecular weight excluding hydrogens is 366 g/mol. The molecule has 0 aliphatic heterocycles. The Hall–Kier alpha value is -2.82. The molecule has 5 nitrogen and oxygen atoms in total. The minimum Gasteiger partial charge on any atom is -0.478 e. The first-order valence-corrected chi connectivity index (χ1v) is 10.1. The lowest BCUT2D eigenvalue weighted by atomic mass is 10.0. The maximum absolute atomic E-state index is 11.7. The fourth-order valence-electron chi connectivity index (χ4n) is 2.65. The van der Waals surface area contributed by atoms with Crippen molar-refractivity contribution < 1.29 is 19.4 Å². The second-order valence-electron chi connectivity index (χ2n) is 7.13. The molecule has 2 rings (SSSR count). The zero-order valence-electron chi connectivity index (χ0n) is 17.9. The van der Waals surface area contributed by atoms with Gasteiger partial charge in [-0.3, -0.25) is 0 Å². The summed E-state index contributed by atoms with van der Waals surface area (Å²) in [5, 5.41) is 8.60. The van der Waals surface area contributed by atoms with E-state index < -0.39 is 5.97 Å². The number of esters is 1. The highest BCUT2D eigenvalue weighted by atomic mass is 16.5. The Morgan fingerprint density at radius 2 is 1.59 bits per heavy atom. The summed E-state index contributed by atoms with van der Waals surface area (Å²) >= 11 is 0. The second-order valence-corrected chi connectivity index (χ2v) is 7.13. The minimum atomic E-state index is -0.889. The summed E-state index contributed by atoms with van der Waals surface area (Å²) in [5.74, 6) is -0.594. The Morgan fingerprint density at radius 1 is 0.966 bits per heavy atom. The molecule has 0 heterocycles. The highest BCUT2D eigenvalue weighted by Crippen LogP contribution is 2.14. The van der Waals surface area contributed by atoms with E-state index in [9.17, 15) is 9.59 Å². The van der Waals surface area contributed by atoms with E-state index in [-0.39, 0.29) is 5.97 Å². The van der Waals surface area contributed by atoms with Gasteiger partial charge in [-0.25, -0.2) is 9.59 Å². The van der Waals surface area contributed by atoms with E-state index >= 15 is 0 Å². The minimum absolute atomic E-state index is 0.208. The third kappa shape index (κ3) is 9.28. The van der Waals surface area contributed by atoms with Crippen molar-refractivity contribution >= 4 is 17.6 Å². The fourth-order valence-corrected chi connectivity index (χ4v) is 2.65. The third-order valence-corrected chi connectivity index (χ3v) is 4.63.